The first-order valence-electron chi connectivity index (χ1n) is 5.17. The van der Waals surface area contributed by atoms with Crippen molar-refractivity contribution < 1.29 is 5.21 Å². The molecule has 4 nitrogen and oxygen atoms in total. The second kappa shape index (κ2) is 6.65. The largest absolute Gasteiger partial charge is 0.409 e. The summed E-state index contributed by atoms with van der Waals surface area (Å²) in [5, 5.41) is 11.4. The normalized spacial score (nSPS) is 17.1. The van der Waals surface area contributed by atoms with Crippen molar-refractivity contribution in [1.29, 1.82) is 0 Å². The molecule has 2 atom stereocenters. The van der Waals surface area contributed by atoms with Gasteiger partial charge in [-0.1, -0.05) is 25.4 Å². The standard InChI is InChI=1S/C10H23N3O/c1-5-8(2)7-13(4)9(3)6-10(11)12-14/h8-9,14H,5-7H2,1-4H3,(H2,11,12). The van der Waals surface area contributed by atoms with Crippen LogP contribution in [0.5, 0.6) is 0 Å². The molecule has 0 heterocycles. The Labute approximate surface area is 86.8 Å². The maximum Gasteiger partial charge on any atom is 0.140 e. The van der Waals surface area contributed by atoms with Crippen LogP contribution in [-0.4, -0.2) is 35.6 Å². The summed E-state index contributed by atoms with van der Waals surface area (Å²) < 4.78 is 0. The molecule has 0 aromatic carbocycles. The third-order valence-electron chi connectivity index (χ3n) is 2.68. The average Bonchev–Trinajstić information content (AvgIpc) is 2.17. The minimum atomic E-state index is 0.300. The van der Waals surface area contributed by atoms with Gasteiger partial charge in [-0.2, -0.15) is 0 Å². The van der Waals surface area contributed by atoms with Gasteiger partial charge in [0.15, 0.2) is 0 Å². The number of hydrogen-bond acceptors (Lipinski definition) is 3. The van der Waals surface area contributed by atoms with E-state index >= 15 is 0 Å². The molecule has 84 valence electrons. The number of nitrogens with two attached hydrogens (primary N) is 1. The SMILES string of the molecule is CCC(C)CN(C)C(C)CC(N)=NO. The van der Waals surface area contributed by atoms with E-state index in [-0.39, 0.29) is 0 Å². The van der Waals surface area contributed by atoms with Crippen LogP contribution in [0.15, 0.2) is 5.16 Å². The van der Waals surface area contributed by atoms with Crippen LogP contribution in [-0.2, 0) is 0 Å². The first kappa shape index (κ1) is 13.2. The third kappa shape index (κ3) is 5.07. The monoisotopic (exact) mass is 201 g/mol. The molecule has 0 amide bonds. The van der Waals surface area contributed by atoms with Crippen molar-refractivity contribution in [2.45, 2.75) is 39.7 Å². The predicted molar refractivity (Wildman–Crippen MR) is 59.6 cm³/mol. The van der Waals surface area contributed by atoms with E-state index in [4.69, 9.17) is 10.9 Å². The third-order valence-corrected chi connectivity index (χ3v) is 2.68. The van der Waals surface area contributed by atoms with Crippen LogP contribution in [0, 0.1) is 5.92 Å². The minimum Gasteiger partial charge on any atom is -0.409 e. The van der Waals surface area contributed by atoms with Crippen LogP contribution in [0.2, 0.25) is 0 Å². The maximum atomic E-state index is 8.44. The minimum absolute atomic E-state index is 0.300. The molecule has 0 radical (unpaired) electrons. The van der Waals surface area contributed by atoms with Crippen LogP contribution in [0.3, 0.4) is 0 Å². The highest BCUT2D eigenvalue weighted by Crippen LogP contribution is 2.07. The van der Waals surface area contributed by atoms with E-state index in [0.717, 1.165) is 6.54 Å². The molecule has 0 aromatic heterocycles. The Bertz CT molecular complexity index is 182. The summed E-state index contributed by atoms with van der Waals surface area (Å²) >= 11 is 0. The molecule has 0 aliphatic carbocycles. The zero-order valence-electron chi connectivity index (χ0n) is 9.70. The molecule has 0 rings (SSSR count). The van der Waals surface area contributed by atoms with Crippen LogP contribution in [0.4, 0.5) is 0 Å². The summed E-state index contributed by atoms with van der Waals surface area (Å²) in [6.45, 7) is 7.55. The van der Waals surface area contributed by atoms with Gasteiger partial charge in [-0.25, -0.2) is 0 Å². The van der Waals surface area contributed by atoms with Gasteiger partial charge >= 0.3 is 0 Å². The van der Waals surface area contributed by atoms with Crippen molar-refractivity contribution in [3.63, 3.8) is 0 Å². The summed E-state index contributed by atoms with van der Waals surface area (Å²) in [6.07, 6.45) is 1.80. The molecule has 0 aliphatic rings. The Balaban J connectivity index is 3.92. The Kier molecular flexibility index (Phi) is 6.28. The van der Waals surface area contributed by atoms with Gasteiger partial charge in [0, 0.05) is 19.0 Å². The van der Waals surface area contributed by atoms with Crippen LogP contribution < -0.4 is 5.73 Å². The van der Waals surface area contributed by atoms with Gasteiger partial charge in [-0.15, -0.1) is 0 Å². The Hall–Kier alpha value is -0.770. The van der Waals surface area contributed by atoms with Gasteiger partial charge in [0.25, 0.3) is 0 Å². The molecule has 0 fully saturated rings. The molecule has 14 heavy (non-hydrogen) atoms. The molecule has 0 spiro atoms. The van der Waals surface area contributed by atoms with Crippen LogP contribution >= 0.6 is 0 Å². The summed E-state index contributed by atoms with van der Waals surface area (Å²) in [5.74, 6) is 0.989. The smallest absolute Gasteiger partial charge is 0.140 e. The van der Waals surface area contributed by atoms with E-state index < -0.39 is 0 Å². The lowest BCUT2D eigenvalue weighted by Gasteiger charge is -2.26. The van der Waals surface area contributed by atoms with Gasteiger partial charge < -0.3 is 15.8 Å². The van der Waals surface area contributed by atoms with E-state index in [0.29, 0.717) is 24.2 Å². The molecule has 0 saturated heterocycles. The molecule has 0 saturated carbocycles. The fourth-order valence-electron chi connectivity index (χ4n) is 1.30. The second-order valence-corrected chi connectivity index (χ2v) is 4.10. The van der Waals surface area contributed by atoms with Crippen molar-refractivity contribution in [2.24, 2.45) is 16.8 Å². The summed E-state index contributed by atoms with van der Waals surface area (Å²) in [6, 6.07) is 0.319. The summed E-state index contributed by atoms with van der Waals surface area (Å²) in [5.41, 5.74) is 5.45. The highest BCUT2D eigenvalue weighted by atomic mass is 16.4. The molecule has 0 aromatic rings. The van der Waals surface area contributed by atoms with Gasteiger partial charge in [0.05, 0.1) is 0 Å². The van der Waals surface area contributed by atoms with Crippen LogP contribution in [0.1, 0.15) is 33.6 Å². The number of oxime groups is 1. The molecule has 4 heteroatoms. The lowest BCUT2D eigenvalue weighted by atomic mass is 10.1. The molecular weight excluding hydrogens is 178 g/mol. The van der Waals surface area contributed by atoms with E-state index in [1.165, 1.54) is 6.42 Å². The van der Waals surface area contributed by atoms with E-state index in [2.05, 4.69) is 37.9 Å². The fraction of sp³-hybridized carbons (Fsp3) is 0.900. The van der Waals surface area contributed by atoms with E-state index in [1.54, 1.807) is 0 Å². The summed E-state index contributed by atoms with van der Waals surface area (Å²) in [4.78, 5) is 2.24. The zero-order chi connectivity index (χ0) is 11.1. The quantitative estimate of drug-likeness (QED) is 0.296. The Morgan fingerprint density at radius 2 is 2.07 bits per heavy atom. The Morgan fingerprint density at radius 1 is 1.50 bits per heavy atom. The number of rotatable bonds is 6. The second-order valence-electron chi connectivity index (χ2n) is 4.10. The van der Waals surface area contributed by atoms with Crippen molar-refractivity contribution in [3.05, 3.63) is 0 Å². The fourth-order valence-corrected chi connectivity index (χ4v) is 1.30. The van der Waals surface area contributed by atoms with Crippen molar-refractivity contribution in [1.82, 2.24) is 4.90 Å². The lowest BCUT2D eigenvalue weighted by Crippen LogP contribution is -2.35. The number of hydrogen-bond donors (Lipinski definition) is 2. The lowest BCUT2D eigenvalue weighted by molar-refractivity contribution is 0.224. The highest BCUT2D eigenvalue weighted by molar-refractivity contribution is 5.80. The van der Waals surface area contributed by atoms with Crippen molar-refractivity contribution >= 4 is 5.84 Å². The zero-order valence-corrected chi connectivity index (χ0v) is 9.70. The van der Waals surface area contributed by atoms with Crippen molar-refractivity contribution in [2.75, 3.05) is 13.6 Å². The topological polar surface area (TPSA) is 61.8 Å². The first-order valence-corrected chi connectivity index (χ1v) is 5.17. The van der Waals surface area contributed by atoms with Crippen molar-refractivity contribution in [3.8, 4) is 0 Å². The molecule has 3 N–H and O–H groups in total. The molecular formula is C10H23N3O. The van der Waals surface area contributed by atoms with E-state index in [1.807, 2.05) is 0 Å². The van der Waals surface area contributed by atoms with Gasteiger partial charge in [0.1, 0.15) is 5.84 Å². The average molecular weight is 201 g/mol. The molecule has 2 unspecified atom stereocenters. The first-order chi connectivity index (χ1) is 6.51. The van der Waals surface area contributed by atoms with Gasteiger partial charge in [-0.05, 0) is 19.9 Å². The van der Waals surface area contributed by atoms with Gasteiger partial charge in [0.2, 0.25) is 0 Å². The predicted octanol–water partition coefficient (Wildman–Crippen LogP) is 1.49. The molecule has 0 bridgehead atoms. The van der Waals surface area contributed by atoms with Gasteiger partial charge in [-0.3, -0.25) is 0 Å². The highest BCUT2D eigenvalue weighted by Gasteiger charge is 2.13. The Morgan fingerprint density at radius 3 is 2.50 bits per heavy atom. The summed E-state index contributed by atoms with van der Waals surface area (Å²) in [7, 11) is 2.07. The maximum absolute atomic E-state index is 8.44. The van der Waals surface area contributed by atoms with E-state index in [9.17, 15) is 0 Å². The number of nitrogens with zero attached hydrogens (tertiary/aromatic N) is 2. The number of amidine groups is 1. The molecule has 0 aliphatic heterocycles. The van der Waals surface area contributed by atoms with Crippen LogP contribution in [0.25, 0.3) is 0 Å².